The molecule has 0 radical (unpaired) electrons. The quantitative estimate of drug-likeness (QED) is 0.853. The molecule has 1 atom stereocenters. The van der Waals surface area contributed by atoms with E-state index in [1.54, 1.807) is 18.9 Å². The van der Waals surface area contributed by atoms with Crippen LogP contribution in [0.3, 0.4) is 0 Å². The Morgan fingerprint density at radius 1 is 1.29 bits per heavy atom. The first-order valence-corrected chi connectivity index (χ1v) is 7.01. The average Bonchev–Trinajstić information content (AvgIpc) is 2.86. The number of benzene rings is 1. The topological polar surface area (TPSA) is 56.5 Å². The van der Waals surface area contributed by atoms with Crippen molar-refractivity contribution < 1.29 is 14.6 Å². The zero-order chi connectivity index (χ0) is 15.2. The molecule has 2 aromatic rings. The number of nitrogens with zero attached hydrogens (tertiary/aromatic N) is 2. The summed E-state index contributed by atoms with van der Waals surface area (Å²) in [6.07, 6.45) is 0.678. The van der Waals surface area contributed by atoms with E-state index in [4.69, 9.17) is 21.1 Å². The molecule has 0 saturated heterocycles. The fourth-order valence-electron chi connectivity index (χ4n) is 2.23. The highest BCUT2D eigenvalue weighted by atomic mass is 35.5. The fraction of sp³-hybridized carbons (Fsp3) is 0.400. The SMILES string of the molecule is COCCn1ncc(Cl)c1C(O)c1ccccc1COC. The van der Waals surface area contributed by atoms with E-state index in [-0.39, 0.29) is 0 Å². The Morgan fingerprint density at radius 2 is 2.05 bits per heavy atom. The molecule has 1 unspecified atom stereocenters. The second-order valence-electron chi connectivity index (χ2n) is 4.63. The molecule has 0 spiro atoms. The lowest BCUT2D eigenvalue weighted by atomic mass is 10.0. The summed E-state index contributed by atoms with van der Waals surface area (Å²) in [5.41, 5.74) is 2.25. The summed E-state index contributed by atoms with van der Waals surface area (Å²) in [5.74, 6) is 0. The van der Waals surface area contributed by atoms with Gasteiger partial charge in [-0.2, -0.15) is 5.10 Å². The van der Waals surface area contributed by atoms with Crippen LogP contribution < -0.4 is 0 Å². The number of hydrogen-bond acceptors (Lipinski definition) is 4. The Labute approximate surface area is 129 Å². The van der Waals surface area contributed by atoms with Gasteiger partial charge in [-0.25, -0.2) is 0 Å². The van der Waals surface area contributed by atoms with Gasteiger partial charge in [0.1, 0.15) is 6.10 Å². The van der Waals surface area contributed by atoms with Gasteiger partial charge in [0.15, 0.2) is 0 Å². The normalized spacial score (nSPS) is 12.6. The number of ether oxygens (including phenoxy) is 2. The van der Waals surface area contributed by atoms with Gasteiger partial charge in [-0.1, -0.05) is 35.9 Å². The lowest BCUT2D eigenvalue weighted by Gasteiger charge is -2.17. The lowest BCUT2D eigenvalue weighted by Crippen LogP contribution is -2.14. The smallest absolute Gasteiger partial charge is 0.123 e. The molecular formula is C15H19ClN2O3. The molecule has 1 heterocycles. The summed E-state index contributed by atoms with van der Waals surface area (Å²) in [7, 11) is 3.24. The Balaban J connectivity index is 2.35. The summed E-state index contributed by atoms with van der Waals surface area (Å²) in [5, 5.41) is 15.3. The minimum atomic E-state index is -0.858. The number of aliphatic hydroxyl groups excluding tert-OH is 1. The first-order valence-electron chi connectivity index (χ1n) is 6.64. The lowest BCUT2D eigenvalue weighted by molar-refractivity contribution is 0.165. The van der Waals surface area contributed by atoms with E-state index in [9.17, 15) is 5.11 Å². The van der Waals surface area contributed by atoms with E-state index in [0.29, 0.717) is 30.5 Å². The van der Waals surface area contributed by atoms with Gasteiger partial charge in [0.2, 0.25) is 0 Å². The summed E-state index contributed by atoms with van der Waals surface area (Å²) >= 11 is 6.18. The molecule has 5 nitrogen and oxygen atoms in total. The number of aromatic nitrogens is 2. The van der Waals surface area contributed by atoms with Gasteiger partial charge in [-0.05, 0) is 11.1 Å². The maximum absolute atomic E-state index is 10.7. The second kappa shape index (κ2) is 7.56. The minimum absolute atomic E-state index is 0.428. The maximum atomic E-state index is 10.7. The highest BCUT2D eigenvalue weighted by Crippen LogP contribution is 2.30. The van der Waals surface area contributed by atoms with Gasteiger partial charge in [0.05, 0.1) is 36.7 Å². The molecule has 0 amide bonds. The van der Waals surface area contributed by atoms with Crippen molar-refractivity contribution in [2.24, 2.45) is 0 Å². The van der Waals surface area contributed by atoms with Crippen molar-refractivity contribution in [3.63, 3.8) is 0 Å². The van der Waals surface area contributed by atoms with Crippen LogP contribution in [0, 0.1) is 0 Å². The van der Waals surface area contributed by atoms with Crippen LogP contribution in [-0.2, 0) is 22.6 Å². The molecule has 6 heteroatoms. The average molecular weight is 311 g/mol. The molecule has 1 aromatic carbocycles. The van der Waals surface area contributed by atoms with Crippen LogP contribution in [0.2, 0.25) is 5.02 Å². The van der Waals surface area contributed by atoms with Crippen LogP contribution in [0.4, 0.5) is 0 Å². The van der Waals surface area contributed by atoms with Crippen molar-refractivity contribution in [3.8, 4) is 0 Å². The number of aliphatic hydroxyl groups is 1. The number of rotatable bonds is 7. The summed E-state index contributed by atoms with van der Waals surface area (Å²) in [6, 6.07) is 7.57. The van der Waals surface area contributed by atoms with Crippen molar-refractivity contribution >= 4 is 11.6 Å². The van der Waals surface area contributed by atoms with Crippen molar-refractivity contribution in [1.29, 1.82) is 0 Å². The van der Waals surface area contributed by atoms with Crippen LogP contribution in [0.1, 0.15) is 22.9 Å². The Morgan fingerprint density at radius 3 is 2.76 bits per heavy atom. The number of halogens is 1. The highest BCUT2D eigenvalue weighted by Gasteiger charge is 2.21. The van der Waals surface area contributed by atoms with Crippen molar-refractivity contribution in [2.75, 3.05) is 20.8 Å². The first-order chi connectivity index (χ1) is 10.2. The fourth-order valence-corrected chi connectivity index (χ4v) is 2.48. The van der Waals surface area contributed by atoms with Crippen molar-refractivity contribution in [1.82, 2.24) is 9.78 Å². The van der Waals surface area contributed by atoms with Gasteiger partial charge >= 0.3 is 0 Å². The van der Waals surface area contributed by atoms with E-state index in [1.165, 1.54) is 6.20 Å². The largest absolute Gasteiger partial charge is 0.383 e. The highest BCUT2D eigenvalue weighted by molar-refractivity contribution is 6.31. The van der Waals surface area contributed by atoms with E-state index < -0.39 is 6.10 Å². The van der Waals surface area contributed by atoms with Crippen LogP contribution in [0.15, 0.2) is 30.5 Å². The van der Waals surface area contributed by atoms with Gasteiger partial charge in [-0.3, -0.25) is 4.68 Å². The third kappa shape index (κ3) is 3.63. The van der Waals surface area contributed by atoms with Crippen LogP contribution in [0.25, 0.3) is 0 Å². The Kier molecular flexibility index (Phi) is 5.76. The molecule has 0 saturated carbocycles. The van der Waals surface area contributed by atoms with E-state index >= 15 is 0 Å². The van der Waals surface area contributed by atoms with Crippen molar-refractivity contribution in [3.05, 3.63) is 52.3 Å². The van der Waals surface area contributed by atoms with Gasteiger partial charge in [0, 0.05) is 14.2 Å². The van der Waals surface area contributed by atoms with Gasteiger partial charge < -0.3 is 14.6 Å². The number of hydrogen-bond donors (Lipinski definition) is 1. The molecule has 1 aromatic heterocycles. The third-order valence-electron chi connectivity index (χ3n) is 3.25. The number of methoxy groups -OCH3 is 2. The Hall–Kier alpha value is -1.40. The molecule has 0 aliphatic carbocycles. The molecule has 0 aliphatic rings. The van der Waals surface area contributed by atoms with Gasteiger partial charge in [-0.15, -0.1) is 0 Å². The van der Waals surface area contributed by atoms with Crippen molar-refractivity contribution in [2.45, 2.75) is 19.3 Å². The monoisotopic (exact) mass is 310 g/mol. The molecular weight excluding hydrogens is 292 g/mol. The summed E-state index contributed by atoms with van der Waals surface area (Å²) in [6.45, 7) is 1.45. The van der Waals surface area contributed by atoms with Crippen LogP contribution >= 0.6 is 11.6 Å². The standard InChI is InChI=1S/C15H19ClN2O3/c1-20-8-7-18-14(13(16)9-17-18)15(19)12-6-4-3-5-11(12)10-21-2/h3-6,9,15,19H,7-8,10H2,1-2H3. The molecule has 114 valence electrons. The predicted octanol–water partition coefficient (Wildman–Crippen LogP) is 2.41. The summed E-state index contributed by atoms with van der Waals surface area (Å²) < 4.78 is 11.9. The van der Waals surface area contributed by atoms with E-state index in [2.05, 4.69) is 5.10 Å². The summed E-state index contributed by atoms with van der Waals surface area (Å²) in [4.78, 5) is 0. The van der Waals surface area contributed by atoms with Gasteiger partial charge in [0.25, 0.3) is 0 Å². The van der Waals surface area contributed by atoms with Crippen LogP contribution in [0.5, 0.6) is 0 Å². The molecule has 0 bridgehead atoms. The molecule has 0 aliphatic heterocycles. The minimum Gasteiger partial charge on any atom is -0.383 e. The van der Waals surface area contributed by atoms with E-state index in [1.807, 2.05) is 24.3 Å². The molecule has 2 rings (SSSR count). The molecule has 0 fully saturated rings. The zero-order valence-corrected chi connectivity index (χ0v) is 12.9. The predicted molar refractivity (Wildman–Crippen MR) is 80.3 cm³/mol. The Bertz CT molecular complexity index is 586. The third-order valence-corrected chi connectivity index (χ3v) is 3.54. The maximum Gasteiger partial charge on any atom is 0.123 e. The first kappa shape index (κ1) is 16.0. The second-order valence-corrected chi connectivity index (χ2v) is 5.04. The molecule has 21 heavy (non-hydrogen) atoms. The molecule has 1 N–H and O–H groups in total. The van der Waals surface area contributed by atoms with E-state index in [0.717, 1.165) is 11.1 Å². The van der Waals surface area contributed by atoms with Crippen LogP contribution in [-0.4, -0.2) is 35.7 Å². The zero-order valence-electron chi connectivity index (χ0n) is 12.1.